The number of rotatable bonds is 2. The Labute approximate surface area is 107 Å². The topological polar surface area (TPSA) is 47.5 Å². The number of ether oxygens (including phenoxy) is 2. The molecule has 0 N–H and O–H groups in total. The third-order valence-corrected chi connectivity index (χ3v) is 3.99. The molecule has 0 aromatic carbocycles. The maximum atomic E-state index is 5.75. The summed E-state index contributed by atoms with van der Waals surface area (Å²) >= 11 is 0. The van der Waals surface area contributed by atoms with E-state index in [9.17, 15) is 0 Å². The molecule has 5 nitrogen and oxygen atoms in total. The predicted molar refractivity (Wildman–Crippen MR) is 67.3 cm³/mol. The Hall–Kier alpha value is -1.20. The standard InChI is InChI=1S/C13H19N3O2/c1-16(12-10-14-6-7-15-12)11-2-4-13(5-3-11)17-8-9-18-13/h6-7,10-11H,2-5,8-9H2,1H3. The molecule has 2 fully saturated rings. The van der Waals surface area contributed by atoms with E-state index < -0.39 is 0 Å². The van der Waals surface area contributed by atoms with Gasteiger partial charge in [-0.25, -0.2) is 4.98 Å². The highest BCUT2D eigenvalue weighted by Gasteiger charge is 2.41. The molecule has 0 unspecified atom stereocenters. The van der Waals surface area contributed by atoms with Gasteiger partial charge in [0.05, 0.1) is 19.4 Å². The highest BCUT2D eigenvalue weighted by atomic mass is 16.7. The molecule has 0 amide bonds. The van der Waals surface area contributed by atoms with Crippen LogP contribution in [0.25, 0.3) is 0 Å². The third-order valence-electron chi connectivity index (χ3n) is 3.99. The number of hydrogen-bond acceptors (Lipinski definition) is 5. The second kappa shape index (κ2) is 4.82. The van der Waals surface area contributed by atoms with E-state index in [0.29, 0.717) is 6.04 Å². The van der Waals surface area contributed by atoms with E-state index in [-0.39, 0.29) is 5.79 Å². The maximum Gasteiger partial charge on any atom is 0.168 e. The average molecular weight is 249 g/mol. The van der Waals surface area contributed by atoms with E-state index in [2.05, 4.69) is 21.9 Å². The highest BCUT2D eigenvalue weighted by molar-refractivity contribution is 5.35. The van der Waals surface area contributed by atoms with Crippen molar-refractivity contribution >= 4 is 5.82 Å². The fourth-order valence-corrected chi connectivity index (χ4v) is 2.88. The van der Waals surface area contributed by atoms with Gasteiger partial charge in [-0.05, 0) is 12.8 Å². The molecule has 98 valence electrons. The highest BCUT2D eigenvalue weighted by Crippen LogP contribution is 2.37. The van der Waals surface area contributed by atoms with Crippen LogP contribution >= 0.6 is 0 Å². The van der Waals surface area contributed by atoms with Gasteiger partial charge in [-0.15, -0.1) is 0 Å². The Morgan fingerprint density at radius 1 is 1.22 bits per heavy atom. The van der Waals surface area contributed by atoms with Crippen molar-refractivity contribution in [2.45, 2.75) is 37.5 Å². The van der Waals surface area contributed by atoms with Gasteiger partial charge in [0.25, 0.3) is 0 Å². The molecule has 3 rings (SSSR count). The molecule has 1 aliphatic carbocycles. The Kier molecular flexibility index (Phi) is 3.18. The average Bonchev–Trinajstić information content (AvgIpc) is 2.88. The molecule has 0 radical (unpaired) electrons. The minimum Gasteiger partial charge on any atom is -0.355 e. The molecular formula is C13H19N3O2. The van der Waals surface area contributed by atoms with Gasteiger partial charge in [0.2, 0.25) is 0 Å². The lowest BCUT2D eigenvalue weighted by atomic mass is 9.89. The molecule has 1 saturated carbocycles. The number of hydrogen-bond donors (Lipinski definition) is 0. The van der Waals surface area contributed by atoms with Gasteiger partial charge in [0, 0.05) is 38.3 Å². The minimum atomic E-state index is -0.278. The predicted octanol–water partition coefficient (Wildman–Crippen LogP) is 1.60. The van der Waals surface area contributed by atoms with Gasteiger partial charge >= 0.3 is 0 Å². The van der Waals surface area contributed by atoms with Crippen molar-refractivity contribution in [3.8, 4) is 0 Å². The van der Waals surface area contributed by atoms with Crippen molar-refractivity contribution in [2.24, 2.45) is 0 Å². The smallest absolute Gasteiger partial charge is 0.168 e. The normalized spacial score (nSPS) is 23.4. The van der Waals surface area contributed by atoms with Crippen LogP contribution < -0.4 is 4.90 Å². The molecule has 1 aliphatic heterocycles. The summed E-state index contributed by atoms with van der Waals surface area (Å²) < 4.78 is 11.5. The first-order chi connectivity index (χ1) is 8.79. The van der Waals surface area contributed by atoms with Gasteiger partial charge < -0.3 is 14.4 Å². The van der Waals surface area contributed by atoms with Crippen LogP contribution in [0.1, 0.15) is 25.7 Å². The summed E-state index contributed by atoms with van der Waals surface area (Å²) in [5, 5.41) is 0. The molecule has 1 saturated heterocycles. The van der Waals surface area contributed by atoms with Crippen LogP contribution in [0.3, 0.4) is 0 Å². The van der Waals surface area contributed by atoms with Gasteiger partial charge in [-0.2, -0.15) is 0 Å². The molecule has 5 heteroatoms. The molecule has 1 aromatic heterocycles. The van der Waals surface area contributed by atoms with Crippen molar-refractivity contribution in [3.05, 3.63) is 18.6 Å². The summed E-state index contributed by atoms with van der Waals surface area (Å²) in [5.74, 6) is 0.659. The summed E-state index contributed by atoms with van der Waals surface area (Å²) in [6, 6.07) is 0.500. The molecule has 1 spiro atoms. The first-order valence-corrected chi connectivity index (χ1v) is 6.56. The van der Waals surface area contributed by atoms with Crippen LogP contribution in [0.15, 0.2) is 18.6 Å². The van der Waals surface area contributed by atoms with E-state index >= 15 is 0 Å². The fourth-order valence-electron chi connectivity index (χ4n) is 2.88. The van der Waals surface area contributed by atoms with Crippen LogP contribution in [0.5, 0.6) is 0 Å². The van der Waals surface area contributed by atoms with Crippen molar-refractivity contribution in [3.63, 3.8) is 0 Å². The molecule has 1 aromatic rings. The van der Waals surface area contributed by atoms with Gasteiger partial charge in [0.1, 0.15) is 5.82 Å². The molecule has 2 heterocycles. The lowest BCUT2D eigenvalue weighted by Crippen LogP contribution is -2.43. The van der Waals surface area contributed by atoms with Crippen LogP contribution in [0.2, 0.25) is 0 Å². The Morgan fingerprint density at radius 2 is 1.94 bits per heavy atom. The Bertz CT molecular complexity index is 382. The first-order valence-electron chi connectivity index (χ1n) is 6.56. The Morgan fingerprint density at radius 3 is 2.56 bits per heavy atom. The SMILES string of the molecule is CN(c1cnccn1)C1CCC2(CC1)OCCO2. The van der Waals surface area contributed by atoms with E-state index in [1.165, 1.54) is 0 Å². The third kappa shape index (κ3) is 2.20. The van der Waals surface area contributed by atoms with Crippen LogP contribution in [-0.4, -0.2) is 42.1 Å². The van der Waals surface area contributed by atoms with Crippen LogP contribution in [-0.2, 0) is 9.47 Å². The quantitative estimate of drug-likeness (QED) is 0.796. The van der Waals surface area contributed by atoms with Crippen molar-refractivity contribution in [1.82, 2.24) is 9.97 Å². The summed E-state index contributed by atoms with van der Waals surface area (Å²) in [5.41, 5.74) is 0. The summed E-state index contributed by atoms with van der Waals surface area (Å²) in [6.07, 6.45) is 9.35. The fraction of sp³-hybridized carbons (Fsp3) is 0.692. The molecule has 0 atom stereocenters. The lowest BCUT2D eigenvalue weighted by molar-refractivity contribution is -0.178. The zero-order valence-electron chi connectivity index (χ0n) is 10.7. The minimum absolute atomic E-state index is 0.278. The second-order valence-corrected chi connectivity index (χ2v) is 5.01. The zero-order chi connectivity index (χ0) is 12.4. The maximum absolute atomic E-state index is 5.75. The van der Waals surface area contributed by atoms with E-state index in [0.717, 1.165) is 44.7 Å². The first kappa shape index (κ1) is 11.9. The van der Waals surface area contributed by atoms with Gasteiger partial charge in [0.15, 0.2) is 5.79 Å². The number of nitrogens with zero attached hydrogens (tertiary/aromatic N) is 3. The zero-order valence-corrected chi connectivity index (χ0v) is 10.7. The second-order valence-electron chi connectivity index (χ2n) is 5.01. The lowest BCUT2D eigenvalue weighted by Gasteiger charge is -2.39. The van der Waals surface area contributed by atoms with E-state index in [4.69, 9.17) is 9.47 Å². The van der Waals surface area contributed by atoms with E-state index in [1.54, 1.807) is 12.4 Å². The van der Waals surface area contributed by atoms with Gasteiger partial charge in [-0.3, -0.25) is 4.98 Å². The molecule has 2 aliphatic rings. The summed E-state index contributed by atoms with van der Waals surface area (Å²) in [6.45, 7) is 1.48. The molecule has 0 bridgehead atoms. The van der Waals surface area contributed by atoms with Crippen LogP contribution in [0, 0.1) is 0 Å². The molecule has 18 heavy (non-hydrogen) atoms. The number of aromatic nitrogens is 2. The Balaban J connectivity index is 1.62. The van der Waals surface area contributed by atoms with Crippen molar-refractivity contribution < 1.29 is 9.47 Å². The van der Waals surface area contributed by atoms with Crippen LogP contribution in [0.4, 0.5) is 5.82 Å². The largest absolute Gasteiger partial charge is 0.355 e. The summed E-state index contributed by atoms with van der Waals surface area (Å²) in [7, 11) is 2.09. The number of anilines is 1. The summed E-state index contributed by atoms with van der Waals surface area (Å²) in [4.78, 5) is 10.7. The molecular weight excluding hydrogens is 230 g/mol. The van der Waals surface area contributed by atoms with Crippen molar-refractivity contribution in [2.75, 3.05) is 25.2 Å². The van der Waals surface area contributed by atoms with Gasteiger partial charge in [-0.1, -0.05) is 0 Å². The monoisotopic (exact) mass is 249 g/mol. The van der Waals surface area contributed by atoms with Crippen molar-refractivity contribution in [1.29, 1.82) is 0 Å². The van der Waals surface area contributed by atoms with E-state index in [1.807, 2.05) is 6.20 Å².